The van der Waals surface area contributed by atoms with Crippen LogP contribution in [0.1, 0.15) is 5.56 Å². The number of benzene rings is 1. The molecule has 0 fully saturated rings. The van der Waals surface area contributed by atoms with E-state index >= 15 is 0 Å². The van der Waals surface area contributed by atoms with Crippen molar-refractivity contribution in [2.24, 2.45) is 0 Å². The monoisotopic (exact) mass is 323 g/mol. The Morgan fingerprint density at radius 3 is 2.00 bits per heavy atom. The van der Waals surface area contributed by atoms with Gasteiger partial charge in [0, 0.05) is 5.69 Å². The third-order valence-electron chi connectivity index (χ3n) is 1.64. The van der Waals surface area contributed by atoms with E-state index in [1.54, 1.807) is 0 Å². The van der Waals surface area contributed by atoms with Gasteiger partial charge in [0.05, 0.1) is 10.0 Å². The summed E-state index contributed by atoms with van der Waals surface area (Å²) in [6.07, 6.45) is -9.93. The molecule has 0 atom stereocenters. The highest BCUT2D eigenvalue weighted by molar-refractivity contribution is 9.10. The van der Waals surface area contributed by atoms with Gasteiger partial charge in [0.25, 0.3) is 0 Å². The number of alkyl halides is 6. The number of nitrogen functional groups attached to an aromatic ring is 1. The van der Waals surface area contributed by atoms with Gasteiger partial charge >= 0.3 is 12.5 Å². The second kappa shape index (κ2) is 4.28. The summed E-state index contributed by atoms with van der Waals surface area (Å²) < 4.78 is 75.9. The minimum Gasteiger partial charge on any atom is -0.405 e. The zero-order valence-electron chi connectivity index (χ0n) is 7.79. The van der Waals surface area contributed by atoms with Crippen LogP contribution in [0.5, 0.6) is 5.75 Å². The van der Waals surface area contributed by atoms with Crippen LogP contribution in [0, 0.1) is 0 Å². The van der Waals surface area contributed by atoms with Gasteiger partial charge in [-0.25, -0.2) is 0 Å². The van der Waals surface area contributed by atoms with Crippen LogP contribution in [-0.2, 0) is 6.18 Å². The van der Waals surface area contributed by atoms with Crippen molar-refractivity contribution in [3.63, 3.8) is 0 Å². The highest BCUT2D eigenvalue weighted by Gasteiger charge is 2.37. The van der Waals surface area contributed by atoms with E-state index in [4.69, 9.17) is 5.73 Å². The lowest BCUT2D eigenvalue weighted by Crippen LogP contribution is -2.18. The normalized spacial score (nSPS) is 12.6. The molecule has 2 N–H and O–H groups in total. The quantitative estimate of drug-likeness (QED) is 0.627. The minimum atomic E-state index is -5.08. The number of rotatable bonds is 1. The molecule has 0 aromatic heterocycles. The van der Waals surface area contributed by atoms with Gasteiger partial charge in [-0.15, -0.1) is 13.2 Å². The SMILES string of the molecule is Nc1cc(Br)c(OC(F)(F)F)cc1C(F)(F)F. The molecule has 0 radical (unpaired) electrons. The van der Waals surface area contributed by atoms with Gasteiger partial charge in [0.15, 0.2) is 0 Å². The van der Waals surface area contributed by atoms with E-state index in [0.717, 1.165) is 0 Å². The standard InChI is InChI=1S/C8H4BrF6NO/c9-4-2-5(16)3(7(10,11)12)1-6(4)17-8(13,14)15/h1-2H,16H2. The minimum absolute atomic E-state index is 0.187. The molecule has 17 heavy (non-hydrogen) atoms. The Labute approximate surface area is 99.5 Å². The Kier molecular flexibility index (Phi) is 3.51. The third-order valence-corrected chi connectivity index (χ3v) is 2.25. The number of hydrogen-bond donors (Lipinski definition) is 1. The molecule has 9 heteroatoms. The van der Waals surface area contributed by atoms with Crippen LogP contribution in [0.4, 0.5) is 32.0 Å². The van der Waals surface area contributed by atoms with Gasteiger partial charge < -0.3 is 10.5 Å². The largest absolute Gasteiger partial charge is 0.573 e. The molecule has 0 aliphatic heterocycles. The summed E-state index contributed by atoms with van der Waals surface area (Å²) in [4.78, 5) is 0. The van der Waals surface area contributed by atoms with Gasteiger partial charge in [-0.05, 0) is 28.1 Å². The fourth-order valence-corrected chi connectivity index (χ4v) is 1.46. The Bertz CT molecular complexity index is 427. The molecule has 0 saturated carbocycles. The van der Waals surface area contributed by atoms with Crippen LogP contribution >= 0.6 is 15.9 Å². The van der Waals surface area contributed by atoms with Crippen LogP contribution in [0.15, 0.2) is 16.6 Å². The molecule has 1 aromatic carbocycles. The molecule has 0 heterocycles. The van der Waals surface area contributed by atoms with Crippen LogP contribution in [-0.4, -0.2) is 6.36 Å². The first-order valence-electron chi connectivity index (χ1n) is 3.92. The highest BCUT2D eigenvalue weighted by atomic mass is 79.9. The second-order valence-electron chi connectivity index (χ2n) is 2.92. The molecule has 96 valence electrons. The van der Waals surface area contributed by atoms with Crippen LogP contribution in [0.2, 0.25) is 0 Å². The lowest BCUT2D eigenvalue weighted by molar-refractivity contribution is -0.275. The van der Waals surface area contributed by atoms with Crippen molar-refractivity contribution in [1.82, 2.24) is 0 Å². The molecule has 0 bridgehead atoms. The van der Waals surface area contributed by atoms with Crippen molar-refractivity contribution in [1.29, 1.82) is 0 Å². The predicted molar refractivity (Wildman–Crippen MR) is 50.2 cm³/mol. The van der Waals surface area contributed by atoms with Crippen molar-refractivity contribution in [2.45, 2.75) is 12.5 Å². The Morgan fingerprint density at radius 2 is 1.59 bits per heavy atom. The number of ether oxygens (including phenoxy) is 1. The molecule has 0 saturated heterocycles. The maximum Gasteiger partial charge on any atom is 0.573 e. The van der Waals surface area contributed by atoms with Crippen LogP contribution in [0.25, 0.3) is 0 Å². The zero-order chi connectivity index (χ0) is 13.4. The Balaban J connectivity index is 3.25. The van der Waals surface area contributed by atoms with Gasteiger partial charge in [-0.1, -0.05) is 0 Å². The molecule has 1 rings (SSSR count). The lowest BCUT2D eigenvalue weighted by atomic mass is 10.1. The lowest BCUT2D eigenvalue weighted by Gasteiger charge is -2.15. The molecule has 0 amide bonds. The number of anilines is 1. The van der Waals surface area contributed by atoms with Crippen LogP contribution < -0.4 is 10.5 Å². The maximum absolute atomic E-state index is 12.4. The van der Waals surface area contributed by atoms with E-state index in [2.05, 4.69) is 20.7 Å². The molecule has 0 aliphatic rings. The molecule has 2 nitrogen and oxygen atoms in total. The first-order valence-corrected chi connectivity index (χ1v) is 4.72. The van der Waals surface area contributed by atoms with E-state index in [9.17, 15) is 26.3 Å². The van der Waals surface area contributed by atoms with Crippen molar-refractivity contribution in [3.05, 3.63) is 22.2 Å². The third kappa shape index (κ3) is 3.69. The first kappa shape index (κ1) is 13.9. The van der Waals surface area contributed by atoms with Crippen molar-refractivity contribution in [2.75, 3.05) is 5.73 Å². The Hall–Kier alpha value is -1.12. The summed E-state index contributed by atoms with van der Waals surface area (Å²) in [6.45, 7) is 0. The summed E-state index contributed by atoms with van der Waals surface area (Å²) in [5, 5.41) is 0. The smallest absolute Gasteiger partial charge is 0.405 e. The summed E-state index contributed by atoms with van der Waals surface area (Å²) >= 11 is 2.63. The highest BCUT2D eigenvalue weighted by Crippen LogP contribution is 2.40. The average Bonchev–Trinajstić information content (AvgIpc) is 2.05. The molecular weight excluding hydrogens is 320 g/mol. The average molecular weight is 324 g/mol. The molecule has 0 unspecified atom stereocenters. The van der Waals surface area contributed by atoms with Crippen molar-refractivity contribution in [3.8, 4) is 5.75 Å². The first-order chi connectivity index (χ1) is 7.50. The van der Waals surface area contributed by atoms with Gasteiger partial charge in [0.1, 0.15) is 5.75 Å². The van der Waals surface area contributed by atoms with E-state index in [1.807, 2.05) is 0 Å². The topological polar surface area (TPSA) is 35.2 Å². The summed E-state index contributed by atoms with van der Waals surface area (Å²) in [5.74, 6) is -1.00. The predicted octanol–water partition coefficient (Wildman–Crippen LogP) is 3.95. The molecular formula is C8H4BrF6NO. The summed E-state index contributed by atoms with van der Waals surface area (Å²) in [5.41, 5.74) is 2.97. The summed E-state index contributed by atoms with van der Waals surface area (Å²) in [6, 6.07) is 0.886. The van der Waals surface area contributed by atoms with Gasteiger partial charge in [0.2, 0.25) is 0 Å². The number of nitrogens with two attached hydrogens (primary N) is 1. The van der Waals surface area contributed by atoms with E-state index < -0.39 is 29.5 Å². The fourth-order valence-electron chi connectivity index (χ4n) is 1.02. The van der Waals surface area contributed by atoms with Gasteiger partial charge in [-0.3, -0.25) is 0 Å². The maximum atomic E-state index is 12.4. The van der Waals surface area contributed by atoms with Crippen molar-refractivity contribution >= 4 is 21.6 Å². The summed E-state index contributed by atoms with van der Waals surface area (Å²) in [7, 11) is 0. The molecule has 1 aromatic rings. The Morgan fingerprint density at radius 1 is 1.06 bits per heavy atom. The zero-order valence-corrected chi connectivity index (χ0v) is 9.37. The van der Waals surface area contributed by atoms with E-state index in [1.165, 1.54) is 0 Å². The van der Waals surface area contributed by atoms with Crippen molar-refractivity contribution < 1.29 is 31.1 Å². The van der Waals surface area contributed by atoms with Gasteiger partial charge in [-0.2, -0.15) is 13.2 Å². The molecule has 0 spiro atoms. The number of halogens is 7. The fraction of sp³-hybridized carbons (Fsp3) is 0.250. The van der Waals surface area contributed by atoms with Crippen LogP contribution in [0.3, 0.4) is 0 Å². The second-order valence-corrected chi connectivity index (χ2v) is 3.77. The van der Waals surface area contributed by atoms with E-state index in [-0.39, 0.29) is 10.5 Å². The van der Waals surface area contributed by atoms with E-state index in [0.29, 0.717) is 6.07 Å². The number of hydrogen-bond acceptors (Lipinski definition) is 2. The molecule has 0 aliphatic carbocycles.